The number of benzene rings is 2. The standard InChI is InChI=1S/C27H35FO3/c1-5-15-31-27(3)13-11-22(12-14-27)20(2)16-23-17-26(25(29-4)18-24(23)28)30-19-21-9-7-6-8-10-21/h6-11,17-18,20H,5,12-16,19H2,1-4H3. The summed E-state index contributed by atoms with van der Waals surface area (Å²) >= 11 is 0. The maximum atomic E-state index is 14.8. The van der Waals surface area contributed by atoms with Gasteiger partial charge in [0.1, 0.15) is 12.4 Å². The van der Waals surface area contributed by atoms with E-state index in [0.717, 1.165) is 37.9 Å². The molecule has 0 saturated heterocycles. The summed E-state index contributed by atoms with van der Waals surface area (Å²) < 4.78 is 32.2. The predicted octanol–water partition coefficient (Wildman–Crippen LogP) is 6.89. The van der Waals surface area contributed by atoms with Gasteiger partial charge >= 0.3 is 0 Å². The number of methoxy groups -OCH3 is 1. The van der Waals surface area contributed by atoms with Crippen LogP contribution in [0.5, 0.6) is 11.5 Å². The van der Waals surface area contributed by atoms with E-state index in [1.165, 1.54) is 18.7 Å². The SMILES string of the molecule is CCCOC1(C)CC=C(C(C)Cc2cc(OCc3ccccc3)c(OC)cc2F)CC1. The molecule has 0 aliphatic heterocycles. The van der Waals surface area contributed by atoms with Gasteiger partial charge in [0, 0.05) is 12.7 Å². The minimum atomic E-state index is -0.247. The Balaban J connectivity index is 1.69. The molecule has 0 spiro atoms. The Kier molecular flexibility index (Phi) is 8.14. The van der Waals surface area contributed by atoms with E-state index >= 15 is 0 Å². The molecule has 0 heterocycles. The highest BCUT2D eigenvalue weighted by Crippen LogP contribution is 2.36. The summed E-state index contributed by atoms with van der Waals surface area (Å²) in [6.07, 6.45) is 6.90. The lowest BCUT2D eigenvalue weighted by Crippen LogP contribution is -2.31. The monoisotopic (exact) mass is 426 g/mol. The van der Waals surface area contributed by atoms with Gasteiger partial charge in [-0.05, 0) is 62.1 Å². The lowest BCUT2D eigenvalue weighted by molar-refractivity contribution is -0.0386. The van der Waals surface area contributed by atoms with Gasteiger partial charge in [-0.2, -0.15) is 0 Å². The molecule has 168 valence electrons. The summed E-state index contributed by atoms with van der Waals surface area (Å²) in [5, 5.41) is 0. The van der Waals surface area contributed by atoms with Gasteiger partial charge in [-0.25, -0.2) is 4.39 Å². The highest BCUT2D eigenvalue weighted by Gasteiger charge is 2.29. The molecular weight excluding hydrogens is 391 g/mol. The second-order valence-electron chi connectivity index (χ2n) is 8.76. The van der Waals surface area contributed by atoms with Crippen molar-refractivity contribution < 1.29 is 18.6 Å². The molecule has 2 aromatic carbocycles. The Labute approximate surface area is 186 Å². The van der Waals surface area contributed by atoms with Crippen LogP contribution in [0.1, 0.15) is 57.6 Å². The average molecular weight is 427 g/mol. The molecule has 2 aromatic rings. The molecule has 2 atom stereocenters. The number of halogens is 1. The molecule has 1 aliphatic carbocycles. The first-order chi connectivity index (χ1) is 14.9. The molecule has 2 unspecified atom stereocenters. The first-order valence-corrected chi connectivity index (χ1v) is 11.3. The summed E-state index contributed by atoms with van der Waals surface area (Å²) in [6.45, 7) is 7.73. The first-order valence-electron chi connectivity index (χ1n) is 11.3. The van der Waals surface area contributed by atoms with Crippen LogP contribution in [-0.4, -0.2) is 19.3 Å². The third-order valence-electron chi connectivity index (χ3n) is 6.12. The summed E-state index contributed by atoms with van der Waals surface area (Å²) in [6, 6.07) is 13.2. The van der Waals surface area contributed by atoms with Crippen molar-refractivity contribution in [2.45, 2.75) is 65.1 Å². The van der Waals surface area contributed by atoms with E-state index in [2.05, 4.69) is 26.8 Å². The molecule has 4 heteroatoms. The molecule has 0 fully saturated rings. The van der Waals surface area contributed by atoms with Gasteiger partial charge in [-0.1, -0.05) is 55.8 Å². The second-order valence-corrected chi connectivity index (χ2v) is 8.76. The van der Waals surface area contributed by atoms with Crippen molar-refractivity contribution in [2.75, 3.05) is 13.7 Å². The number of ether oxygens (including phenoxy) is 3. The van der Waals surface area contributed by atoms with Crippen LogP contribution in [0.25, 0.3) is 0 Å². The maximum Gasteiger partial charge on any atom is 0.163 e. The third kappa shape index (κ3) is 6.33. The number of hydrogen-bond acceptors (Lipinski definition) is 3. The van der Waals surface area contributed by atoms with Crippen molar-refractivity contribution in [3.05, 3.63) is 71.1 Å². The van der Waals surface area contributed by atoms with Crippen LogP contribution in [0.15, 0.2) is 54.1 Å². The lowest BCUT2D eigenvalue weighted by Gasteiger charge is -2.34. The molecule has 3 nitrogen and oxygen atoms in total. The predicted molar refractivity (Wildman–Crippen MR) is 123 cm³/mol. The highest BCUT2D eigenvalue weighted by atomic mass is 19.1. The van der Waals surface area contributed by atoms with Crippen molar-refractivity contribution in [1.82, 2.24) is 0 Å². The fraction of sp³-hybridized carbons (Fsp3) is 0.481. The molecule has 1 aliphatic rings. The molecule has 0 saturated carbocycles. The van der Waals surface area contributed by atoms with Gasteiger partial charge < -0.3 is 14.2 Å². The van der Waals surface area contributed by atoms with Crippen LogP contribution >= 0.6 is 0 Å². The van der Waals surface area contributed by atoms with Gasteiger partial charge in [0.25, 0.3) is 0 Å². The van der Waals surface area contributed by atoms with Crippen LogP contribution < -0.4 is 9.47 Å². The molecule has 0 radical (unpaired) electrons. The summed E-state index contributed by atoms with van der Waals surface area (Å²) in [5.41, 5.74) is 3.04. The smallest absolute Gasteiger partial charge is 0.163 e. The van der Waals surface area contributed by atoms with Crippen molar-refractivity contribution in [2.24, 2.45) is 5.92 Å². The Bertz CT molecular complexity index is 878. The Morgan fingerprint density at radius 2 is 1.90 bits per heavy atom. The number of rotatable bonds is 10. The summed E-state index contributed by atoms with van der Waals surface area (Å²) in [7, 11) is 1.54. The Morgan fingerprint density at radius 1 is 1.13 bits per heavy atom. The zero-order valence-electron chi connectivity index (χ0n) is 19.2. The van der Waals surface area contributed by atoms with E-state index < -0.39 is 0 Å². The fourth-order valence-corrected chi connectivity index (χ4v) is 4.09. The van der Waals surface area contributed by atoms with Crippen molar-refractivity contribution in [3.63, 3.8) is 0 Å². The summed E-state index contributed by atoms with van der Waals surface area (Å²) in [4.78, 5) is 0. The largest absolute Gasteiger partial charge is 0.493 e. The summed E-state index contributed by atoms with van der Waals surface area (Å²) in [5.74, 6) is 1.02. The van der Waals surface area contributed by atoms with E-state index in [0.29, 0.717) is 30.1 Å². The molecule has 3 rings (SSSR count). The lowest BCUT2D eigenvalue weighted by atomic mass is 9.80. The minimum absolute atomic E-state index is 0.0664. The Morgan fingerprint density at radius 3 is 2.55 bits per heavy atom. The minimum Gasteiger partial charge on any atom is -0.493 e. The van der Waals surface area contributed by atoms with E-state index in [-0.39, 0.29) is 17.3 Å². The molecule has 31 heavy (non-hydrogen) atoms. The van der Waals surface area contributed by atoms with E-state index in [9.17, 15) is 4.39 Å². The maximum absolute atomic E-state index is 14.8. The Hall–Kier alpha value is -2.33. The quantitative estimate of drug-likeness (QED) is 0.387. The van der Waals surface area contributed by atoms with E-state index in [4.69, 9.17) is 14.2 Å². The van der Waals surface area contributed by atoms with E-state index in [1.54, 1.807) is 6.07 Å². The molecule has 0 amide bonds. The zero-order valence-corrected chi connectivity index (χ0v) is 19.2. The molecule has 0 aromatic heterocycles. The van der Waals surface area contributed by atoms with Crippen LogP contribution in [0.4, 0.5) is 4.39 Å². The molecule has 0 N–H and O–H groups in total. The fourth-order valence-electron chi connectivity index (χ4n) is 4.09. The van der Waals surface area contributed by atoms with Gasteiger partial charge in [-0.3, -0.25) is 0 Å². The third-order valence-corrected chi connectivity index (χ3v) is 6.12. The second kappa shape index (κ2) is 10.8. The van der Waals surface area contributed by atoms with Crippen LogP contribution in [0.2, 0.25) is 0 Å². The van der Waals surface area contributed by atoms with Crippen LogP contribution in [0.3, 0.4) is 0 Å². The van der Waals surface area contributed by atoms with Crippen molar-refractivity contribution >= 4 is 0 Å². The first kappa shape index (κ1) is 23.3. The van der Waals surface area contributed by atoms with Gasteiger partial charge in [-0.15, -0.1) is 0 Å². The highest BCUT2D eigenvalue weighted by molar-refractivity contribution is 5.44. The zero-order chi connectivity index (χ0) is 22.3. The number of hydrogen-bond donors (Lipinski definition) is 0. The molecular formula is C27H35FO3. The van der Waals surface area contributed by atoms with Crippen LogP contribution in [0, 0.1) is 11.7 Å². The number of allylic oxidation sites excluding steroid dienone is 1. The van der Waals surface area contributed by atoms with Crippen molar-refractivity contribution in [1.29, 1.82) is 0 Å². The molecule has 0 bridgehead atoms. The van der Waals surface area contributed by atoms with Crippen molar-refractivity contribution in [3.8, 4) is 11.5 Å². The average Bonchev–Trinajstić information content (AvgIpc) is 2.79. The van der Waals surface area contributed by atoms with E-state index in [1.807, 2.05) is 30.3 Å². The topological polar surface area (TPSA) is 27.7 Å². The normalized spacial score (nSPS) is 19.6. The van der Waals surface area contributed by atoms with Crippen LogP contribution in [-0.2, 0) is 17.8 Å². The van der Waals surface area contributed by atoms with Gasteiger partial charge in [0.05, 0.1) is 12.7 Å². The van der Waals surface area contributed by atoms with Gasteiger partial charge in [0.15, 0.2) is 11.5 Å². The van der Waals surface area contributed by atoms with Gasteiger partial charge in [0.2, 0.25) is 0 Å².